The van der Waals surface area contributed by atoms with Gasteiger partial charge in [0.15, 0.2) is 5.13 Å². The van der Waals surface area contributed by atoms with Crippen molar-refractivity contribution < 1.29 is 0 Å². The molecule has 5 nitrogen and oxygen atoms in total. The molecule has 0 saturated carbocycles. The number of benzene rings is 1. The van der Waals surface area contributed by atoms with Crippen LogP contribution in [0.3, 0.4) is 0 Å². The lowest BCUT2D eigenvalue weighted by Gasteiger charge is -2.36. The molecule has 3 heterocycles. The van der Waals surface area contributed by atoms with Crippen molar-refractivity contribution in [1.29, 1.82) is 0 Å². The zero-order valence-corrected chi connectivity index (χ0v) is 15.1. The van der Waals surface area contributed by atoms with Crippen molar-refractivity contribution >= 4 is 32.5 Å². The van der Waals surface area contributed by atoms with Gasteiger partial charge in [-0.05, 0) is 32.9 Å². The SMILES string of the molecule is Cc1nc(C)c(C)c(N2CCN(c3nc4ccccc4s3)CC2)n1. The lowest BCUT2D eigenvalue weighted by Crippen LogP contribution is -2.47. The number of thiazole rings is 1. The van der Waals surface area contributed by atoms with Gasteiger partial charge in [-0.3, -0.25) is 0 Å². The highest BCUT2D eigenvalue weighted by Crippen LogP contribution is 2.30. The van der Waals surface area contributed by atoms with Crippen LogP contribution in [0.25, 0.3) is 10.2 Å². The van der Waals surface area contributed by atoms with Gasteiger partial charge in [0.1, 0.15) is 11.6 Å². The Hall–Kier alpha value is -2.21. The molecule has 0 radical (unpaired) electrons. The zero-order chi connectivity index (χ0) is 16.7. The average Bonchev–Trinajstić information content (AvgIpc) is 3.02. The molecule has 1 aliphatic heterocycles. The third-order valence-electron chi connectivity index (χ3n) is 4.61. The van der Waals surface area contributed by atoms with Crippen molar-refractivity contribution in [3.63, 3.8) is 0 Å². The molecule has 0 atom stereocenters. The van der Waals surface area contributed by atoms with Crippen molar-refractivity contribution in [3.8, 4) is 0 Å². The molecule has 0 aliphatic carbocycles. The molecule has 2 aromatic heterocycles. The molecule has 0 amide bonds. The highest BCUT2D eigenvalue weighted by Gasteiger charge is 2.22. The fraction of sp³-hybridized carbons (Fsp3) is 0.389. The molecule has 124 valence electrons. The van der Waals surface area contributed by atoms with E-state index in [1.165, 1.54) is 10.3 Å². The van der Waals surface area contributed by atoms with E-state index in [1.54, 1.807) is 11.3 Å². The van der Waals surface area contributed by atoms with Gasteiger partial charge in [0.25, 0.3) is 0 Å². The smallest absolute Gasteiger partial charge is 0.186 e. The van der Waals surface area contributed by atoms with E-state index in [0.29, 0.717) is 0 Å². The summed E-state index contributed by atoms with van der Waals surface area (Å²) >= 11 is 1.78. The number of piperazine rings is 1. The van der Waals surface area contributed by atoms with Crippen LogP contribution in [0.15, 0.2) is 24.3 Å². The van der Waals surface area contributed by atoms with Gasteiger partial charge < -0.3 is 9.80 Å². The van der Waals surface area contributed by atoms with Crippen molar-refractivity contribution in [2.24, 2.45) is 0 Å². The van der Waals surface area contributed by atoms with Crippen LogP contribution < -0.4 is 9.80 Å². The fourth-order valence-corrected chi connectivity index (χ4v) is 4.18. The summed E-state index contributed by atoms with van der Waals surface area (Å²) in [6, 6.07) is 8.35. The zero-order valence-electron chi connectivity index (χ0n) is 14.3. The van der Waals surface area contributed by atoms with Gasteiger partial charge in [0, 0.05) is 37.4 Å². The lowest BCUT2D eigenvalue weighted by atomic mass is 10.2. The summed E-state index contributed by atoms with van der Waals surface area (Å²) in [5.41, 5.74) is 3.36. The maximum atomic E-state index is 4.78. The Balaban J connectivity index is 1.52. The minimum absolute atomic E-state index is 0.849. The number of anilines is 2. The highest BCUT2D eigenvalue weighted by atomic mass is 32.1. The molecule has 6 heteroatoms. The van der Waals surface area contributed by atoms with Crippen molar-refractivity contribution in [2.45, 2.75) is 20.8 Å². The molecule has 3 aromatic rings. The van der Waals surface area contributed by atoms with Crippen LogP contribution in [-0.4, -0.2) is 41.1 Å². The monoisotopic (exact) mass is 339 g/mol. The molecule has 4 rings (SSSR count). The Bertz CT molecular complexity index is 847. The number of nitrogens with zero attached hydrogens (tertiary/aromatic N) is 5. The first-order valence-electron chi connectivity index (χ1n) is 8.29. The van der Waals surface area contributed by atoms with Crippen LogP contribution in [0.1, 0.15) is 17.1 Å². The van der Waals surface area contributed by atoms with E-state index in [9.17, 15) is 0 Å². The molecule has 0 unspecified atom stereocenters. The van der Waals surface area contributed by atoms with E-state index in [0.717, 1.165) is 54.2 Å². The van der Waals surface area contributed by atoms with E-state index in [2.05, 4.69) is 51.8 Å². The topological polar surface area (TPSA) is 45.2 Å². The highest BCUT2D eigenvalue weighted by molar-refractivity contribution is 7.22. The Kier molecular flexibility index (Phi) is 3.84. The summed E-state index contributed by atoms with van der Waals surface area (Å²) in [7, 11) is 0. The predicted octanol–water partition coefficient (Wildman–Crippen LogP) is 3.34. The van der Waals surface area contributed by atoms with E-state index in [1.807, 2.05) is 13.0 Å². The minimum atomic E-state index is 0.849. The normalized spacial score (nSPS) is 15.3. The second-order valence-electron chi connectivity index (χ2n) is 6.24. The average molecular weight is 339 g/mol. The molecule has 1 saturated heterocycles. The maximum absolute atomic E-state index is 4.78. The summed E-state index contributed by atoms with van der Waals surface area (Å²) in [6.07, 6.45) is 0. The second-order valence-corrected chi connectivity index (χ2v) is 7.25. The molecule has 24 heavy (non-hydrogen) atoms. The van der Waals surface area contributed by atoms with E-state index in [4.69, 9.17) is 4.98 Å². The summed E-state index contributed by atoms with van der Waals surface area (Å²) in [4.78, 5) is 18.7. The first kappa shape index (κ1) is 15.3. The van der Waals surface area contributed by atoms with Crippen molar-refractivity contribution in [1.82, 2.24) is 15.0 Å². The number of fused-ring (bicyclic) bond motifs is 1. The van der Waals surface area contributed by atoms with Gasteiger partial charge in [0.05, 0.1) is 10.2 Å². The van der Waals surface area contributed by atoms with Crippen LogP contribution in [0.5, 0.6) is 0 Å². The van der Waals surface area contributed by atoms with Gasteiger partial charge in [-0.2, -0.15) is 0 Å². The lowest BCUT2D eigenvalue weighted by molar-refractivity contribution is 0.642. The minimum Gasteiger partial charge on any atom is -0.353 e. The molecular formula is C18H21N5S. The molecule has 0 bridgehead atoms. The number of rotatable bonds is 2. The van der Waals surface area contributed by atoms with Crippen molar-refractivity contribution in [3.05, 3.63) is 41.3 Å². The fourth-order valence-electron chi connectivity index (χ4n) is 3.16. The van der Waals surface area contributed by atoms with Crippen LogP contribution in [0.2, 0.25) is 0 Å². The number of aryl methyl sites for hydroxylation is 2. The van der Waals surface area contributed by atoms with Gasteiger partial charge in [-0.15, -0.1) is 0 Å². The first-order valence-corrected chi connectivity index (χ1v) is 9.11. The summed E-state index contributed by atoms with van der Waals surface area (Å²) in [6.45, 7) is 10.0. The van der Waals surface area contributed by atoms with Gasteiger partial charge in [-0.1, -0.05) is 23.5 Å². The largest absolute Gasteiger partial charge is 0.353 e. The van der Waals surface area contributed by atoms with E-state index < -0.39 is 0 Å². The molecule has 1 aromatic carbocycles. The third kappa shape index (κ3) is 2.71. The van der Waals surface area contributed by atoms with Crippen molar-refractivity contribution in [2.75, 3.05) is 36.0 Å². The van der Waals surface area contributed by atoms with Crippen LogP contribution in [0, 0.1) is 20.8 Å². The Morgan fingerprint density at radius 1 is 0.875 bits per heavy atom. The summed E-state index contributed by atoms with van der Waals surface area (Å²) in [5.74, 6) is 1.94. The van der Waals surface area contributed by atoms with Crippen LogP contribution in [-0.2, 0) is 0 Å². The Labute approximate surface area is 146 Å². The standard InChI is InChI=1S/C18H21N5S/c1-12-13(2)19-14(3)20-17(12)22-8-10-23(11-9-22)18-21-15-6-4-5-7-16(15)24-18/h4-7H,8-11H2,1-3H3. The van der Waals surface area contributed by atoms with Gasteiger partial charge >= 0.3 is 0 Å². The number of aromatic nitrogens is 3. The number of para-hydroxylation sites is 1. The number of hydrogen-bond donors (Lipinski definition) is 0. The molecule has 1 fully saturated rings. The summed E-state index contributed by atoms with van der Waals surface area (Å²) < 4.78 is 1.26. The van der Waals surface area contributed by atoms with Crippen LogP contribution >= 0.6 is 11.3 Å². The molecule has 1 aliphatic rings. The summed E-state index contributed by atoms with van der Waals surface area (Å²) in [5, 5.41) is 1.13. The quantitative estimate of drug-likeness (QED) is 0.716. The molecule has 0 N–H and O–H groups in total. The molecular weight excluding hydrogens is 318 g/mol. The maximum Gasteiger partial charge on any atom is 0.186 e. The molecule has 0 spiro atoms. The van der Waals surface area contributed by atoms with E-state index >= 15 is 0 Å². The van der Waals surface area contributed by atoms with Gasteiger partial charge in [0.2, 0.25) is 0 Å². The third-order valence-corrected chi connectivity index (χ3v) is 5.70. The number of hydrogen-bond acceptors (Lipinski definition) is 6. The van der Waals surface area contributed by atoms with Crippen LogP contribution in [0.4, 0.5) is 10.9 Å². The second kappa shape index (κ2) is 6.02. The first-order chi connectivity index (χ1) is 11.6. The van der Waals surface area contributed by atoms with Gasteiger partial charge in [-0.25, -0.2) is 15.0 Å². The van der Waals surface area contributed by atoms with E-state index in [-0.39, 0.29) is 0 Å². The Morgan fingerprint density at radius 3 is 2.33 bits per heavy atom. The predicted molar refractivity (Wildman–Crippen MR) is 100 cm³/mol. The Morgan fingerprint density at radius 2 is 1.58 bits per heavy atom.